The summed E-state index contributed by atoms with van der Waals surface area (Å²) in [4.78, 5) is 50.0. The van der Waals surface area contributed by atoms with Crippen molar-refractivity contribution in [3.8, 4) is 0 Å². The fourth-order valence-corrected chi connectivity index (χ4v) is 5.74. The van der Waals surface area contributed by atoms with Gasteiger partial charge in [-0.25, -0.2) is 0 Å². The fraction of sp³-hybridized carbons (Fsp3) is 0.667. The number of benzene rings is 1. The summed E-state index contributed by atoms with van der Waals surface area (Å²) >= 11 is 0. The van der Waals surface area contributed by atoms with Crippen molar-refractivity contribution < 1.29 is 14.4 Å². The minimum Gasteiger partial charge on any atom is -0.342 e. The molecule has 1 aromatic carbocycles. The van der Waals surface area contributed by atoms with Gasteiger partial charge in [0, 0.05) is 37.3 Å². The van der Waals surface area contributed by atoms with Gasteiger partial charge in [-0.1, -0.05) is 39.0 Å². The van der Waals surface area contributed by atoms with Crippen molar-refractivity contribution in [1.29, 1.82) is 0 Å². The Kier molecular flexibility index (Phi) is 7.13. The molecule has 35 heavy (non-hydrogen) atoms. The van der Waals surface area contributed by atoms with Gasteiger partial charge in [0.2, 0.25) is 11.8 Å². The first-order valence-electron chi connectivity index (χ1n) is 12.9. The lowest BCUT2D eigenvalue weighted by Gasteiger charge is -2.44. The van der Waals surface area contributed by atoms with Crippen molar-refractivity contribution in [2.45, 2.75) is 58.0 Å². The Bertz CT molecular complexity index is 928. The summed E-state index contributed by atoms with van der Waals surface area (Å²) in [6.07, 6.45) is 3.06. The van der Waals surface area contributed by atoms with Crippen LogP contribution in [0.5, 0.6) is 0 Å². The SMILES string of the molecule is CN1CCC(N(C)C(=O)CN2CN(c3ccccc3)C3(CCN(C(=O)C(C)(C)C)CC3)C2=O)CC1. The van der Waals surface area contributed by atoms with E-state index in [0.717, 1.165) is 31.6 Å². The molecule has 0 N–H and O–H groups in total. The standard InChI is InChI=1S/C27H41N5O3/c1-26(2,3)24(34)30-17-13-27(14-18-30)25(35)31(20-32(27)22-9-7-6-8-10-22)19-23(33)29(5)21-11-15-28(4)16-12-21/h6-10,21H,11-20H2,1-5H3. The van der Waals surface area contributed by atoms with E-state index in [1.807, 2.05) is 68.0 Å². The van der Waals surface area contributed by atoms with Crippen molar-refractivity contribution in [3.63, 3.8) is 0 Å². The van der Waals surface area contributed by atoms with Gasteiger partial charge in [-0.3, -0.25) is 14.4 Å². The van der Waals surface area contributed by atoms with Gasteiger partial charge in [0.05, 0.1) is 6.67 Å². The maximum atomic E-state index is 13.9. The van der Waals surface area contributed by atoms with E-state index in [1.165, 1.54) is 0 Å². The minimum absolute atomic E-state index is 0.00156. The van der Waals surface area contributed by atoms with Crippen LogP contribution in [0.2, 0.25) is 0 Å². The Hall–Kier alpha value is -2.61. The van der Waals surface area contributed by atoms with Crippen LogP contribution in [0.4, 0.5) is 5.69 Å². The molecule has 3 fully saturated rings. The molecule has 0 saturated carbocycles. The van der Waals surface area contributed by atoms with Crippen LogP contribution in [0.1, 0.15) is 46.5 Å². The number of anilines is 1. The zero-order valence-electron chi connectivity index (χ0n) is 22.0. The Morgan fingerprint density at radius 2 is 1.63 bits per heavy atom. The Balaban J connectivity index is 1.51. The number of rotatable bonds is 4. The summed E-state index contributed by atoms with van der Waals surface area (Å²) in [6, 6.07) is 10.2. The number of hydrogen-bond acceptors (Lipinski definition) is 5. The normalized spacial score (nSPS) is 21.6. The number of amides is 3. The first kappa shape index (κ1) is 25.5. The largest absolute Gasteiger partial charge is 0.342 e. The van der Waals surface area contributed by atoms with Crippen LogP contribution in [0.15, 0.2) is 30.3 Å². The predicted octanol–water partition coefficient (Wildman–Crippen LogP) is 2.25. The smallest absolute Gasteiger partial charge is 0.250 e. The predicted molar refractivity (Wildman–Crippen MR) is 137 cm³/mol. The van der Waals surface area contributed by atoms with Crippen LogP contribution in [0.3, 0.4) is 0 Å². The van der Waals surface area contributed by atoms with Crippen molar-refractivity contribution in [2.24, 2.45) is 5.41 Å². The highest BCUT2D eigenvalue weighted by molar-refractivity contribution is 5.96. The molecule has 0 atom stereocenters. The van der Waals surface area contributed by atoms with Crippen LogP contribution in [-0.4, -0.2) is 102 Å². The molecule has 3 amide bonds. The summed E-state index contributed by atoms with van der Waals surface area (Å²) in [5.41, 5.74) is -0.182. The number of likely N-dealkylation sites (tertiary alicyclic amines) is 2. The first-order chi connectivity index (χ1) is 16.5. The highest BCUT2D eigenvalue weighted by atomic mass is 16.2. The molecule has 8 heteroatoms. The number of carbonyl (C=O) groups excluding carboxylic acids is 3. The fourth-order valence-electron chi connectivity index (χ4n) is 5.74. The average molecular weight is 484 g/mol. The molecule has 1 spiro atoms. The summed E-state index contributed by atoms with van der Waals surface area (Å²) in [6.45, 7) is 9.35. The first-order valence-corrected chi connectivity index (χ1v) is 12.9. The van der Waals surface area contributed by atoms with Crippen molar-refractivity contribution >= 4 is 23.4 Å². The Labute approximate surface area is 209 Å². The molecule has 0 aromatic heterocycles. The summed E-state index contributed by atoms with van der Waals surface area (Å²) in [7, 11) is 3.99. The van der Waals surface area contributed by atoms with Crippen LogP contribution in [0.25, 0.3) is 0 Å². The molecule has 3 saturated heterocycles. The van der Waals surface area contributed by atoms with Gasteiger partial charge in [-0.05, 0) is 58.0 Å². The number of para-hydroxylation sites is 1. The molecule has 0 aliphatic carbocycles. The van der Waals surface area contributed by atoms with Crippen LogP contribution in [-0.2, 0) is 14.4 Å². The number of piperidine rings is 2. The van der Waals surface area contributed by atoms with E-state index in [9.17, 15) is 14.4 Å². The Morgan fingerprint density at radius 1 is 1.03 bits per heavy atom. The second kappa shape index (κ2) is 9.80. The van der Waals surface area contributed by atoms with E-state index in [1.54, 1.807) is 4.90 Å². The van der Waals surface area contributed by atoms with Crippen molar-refractivity contribution in [3.05, 3.63) is 30.3 Å². The minimum atomic E-state index is -0.720. The molecule has 4 rings (SSSR count). The molecule has 1 aromatic rings. The van der Waals surface area contributed by atoms with E-state index < -0.39 is 11.0 Å². The van der Waals surface area contributed by atoms with Crippen LogP contribution < -0.4 is 4.90 Å². The molecule has 0 radical (unpaired) electrons. The lowest BCUT2D eigenvalue weighted by molar-refractivity contribution is -0.145. The Morgan fingerprint density at radius 3 is 2.20 bits per heavy atom. The van der Waals surface area contributed by atoms with Gasteiger partial charge in [0.15, 0.2) is 0 Å². The quantitative estimate of drug-likeness (QED) is 0.657. The maximum absolute atomic E-state index is 13.9. The van der Waals surface area contributed by atoms with E-state index in [0.29, 0.717) is 32.6 Å². The topological polar surface area (TPSA) is 67.4 Å². The van der Waals surface area contributed by atoms with Gasteiger partial charge >= 0.3 is 0 Å². The highest BCUT2D eigenvalue weighted by Crippen LogP contribution is 2.40. The number of nitrogens with zero attached hydrogens (tertiary/aromatic N) is 5. The summed E-state index contributed by atoms with van der Waals surface area (Å²) in [5, 5.41) is 0. The zero-order valence-corrected chi connectivity index (χ0v) is 22.0. The maximum Gasteiger partial charge on any atom is 0.250 e. The van der Waals surface area contributed by atoms with Crippen LogP contribution >= 0.6 is 0 Å². The zero-order chi connectivity index (χ0) is 25.4. The number of carbonyl (C=O) groups is 3. The van der Waals surface area contributed by atoms with E-state index in [-0.39, 0.29) is 30.3 Å². The lowest BCUT2D eigenvalue weighted by atomic mass is 9.84. The molecule has 192 valence electrons. The molecular formula is C27H41N5O3. The molecule has 8 nitrogen and oxygen atoms in total. The number of hydrogen-bond donors (Lipinski definition) is 0. The van der Waals surface area contributed by atoms with Gasteiger partial charge in [0.1, 0.15) is 12.1 Å². The van der Waals surface area contributed by atoms with Gasteiger partial charge in [0.25, 0.3) is 5.91 Å². The van der Waals surface area contributed by atoms with Crippen LogP contribution in [0, 0.1) is 5.41 Å². The molecule has 3 heterocycles. The second-order valence-electron chi connectivity index (χ2n) is 11.5. The molecule has 0 bridgehead atoms. The van der Waals surface area contributed by atoms with E-state index >= 15 is 0 Å². The number of likely N-dealkylation sites (N-methyl/N-ethyl adjacent to an activating group) is 1. The van der Waals surface area contributed by atoms with Crippen molar-refractivity contribution in [2.75, 3.05) is 58.4 Å². The van der Waals surface area contributed by atoms with Gasteiger partial charge in [-0.2, -0.15) is 0 Å². The van der Waals surface area contributed by atoms with E-state index in [2.05, 4.69) is 16.8 Å². The third-order valence-electron chi connectivity index (χ3n) is 8.06. The summed E-state index contributed by atoms with van der Waals surface area (Å²) in [5.74, 6) is 0.128. The van der Waals surface area contributed by atoms with Crippen molar-refractivity contribution in [1.82, 2.24) is 19.6 Å². The van der Waals surface area contributed by atoms with E-state index in [4.69, 9.17) is 0 Å². The lowest BCUT2D eigenvalue weighted by Crippen LogP contribution is -2.58. The highest BCUT2D eigenvalue weighted by Gasteiger charge is 2.54. The average Bonchev–Trinajstić information content (AvgIpc) is 3.10. The molecule has 0 unspecified atom stereocenters. The third kappa shape index (κ3) is 5.03. The van der Waals surface area contributed by atoms with Gasteiger partial charge in [-0.15, -0.1) is 0 Å². The second-order valence-corrected chi connectivity index (χ2v) is 11.5. The monoisotopic (exact) mass is 483 g/mol. The molecule has 3 aliphatic heterocycles. The molecule has 3 aliphatic rings. The molecular weight excluding hydrogens is 442 g/mol. The summed E-state index contributed by atoms with van der Waals surface area (Å²) < 4.78 is 0. The third-order valence-corrected chi connectivity index (χ3v) is 8.06. The van der Waals surface area contributed by atoms with Gasteiger partial charge < -0.3 is 24.5 Å².